The van der Waals surface area contributed by atoms with Crippen molar-refractivity contribution in [3.63, 3.8) is 0 Å². The summed E-state index contributed by atoms with van der Waals surface area (Å²) in [6, 6.07) is 15.7. The maximum atomic E-state index is 11.0. The van der Waals surface area contributed by atoms with Gasteiger partial charge >= 0.3 is 0 Å². The lowest BCUT2D eigenvalue weighted by Crippen LogP contribution is -2.12. The Labute approximate surface area is 217 Å². The molecular formula is C27H24N8OS. The van der Waals surface area contributed by atoms with E-state index in [1.807, 2.05) is 19.3 Å². The van der Waals surface area contributed by atoms with Gasteiger partial charge < -0.3 is 11.5 Å². The van der Waals surface area contributed by atoms with Crippen molar-refractivity contribution in [1.82, 2.24) is 28.8 Å². The standard InChI is InChI=1S/C19H16N4S.C8H8N4O/c1-3-17-18(15-7-5-4-6-8-15)23-13-16(24-19(23)21-17)10-9-14-11-20-22(2)12-14;9-7-6(8(10)13)5-3-1-2-4-12(5)11-7/h4-8,11-13H,3H2,1-2H3;1-4H,(H2,9,11)(H2,10,13). The third-order valence-electron chi connectivity index (χ3n) is 5.63. The zero-order chi connectivity index (χ0) is 25.9. The summed E-state index contributed by atoms with van der Waals surface area (Å²) in [5.74, 6) is 5.99. The molecule has 4 N–H and O–H groups in total. The van der Waals surface area contributed by atoms with Crippen LogP contribution in [0.25, 0.3) is 21.7 Å². The first-order valence-electron chi connectivity index (χ1n) is 11.5. The van der Waals surface area contributed by atoms with Crippen molar-refractivity contribution in [3.05, 3.63) is 95.0 Å². The second-order valence-corrected chi connectivity index (χ2v) is 9.19. The van der Waals surface area contributed by atoms with E-state index < -0.39 is 5.91 Å². The quantitative estimate of drug-likeness (QED) is 0.353. The number of imidazole rings is 1. The molecule has 6 aromatic rings. The number of hydrogen-bond donors (Lipinski definition) is 2. The molecule has 0 aliphatic heterocycles. The zero-order valence-corrected chi connectivity index (χ0v) is 21.1. The number of nitrogen functional groups attached to an aromatic ring is 1. The molecule has 0 unspecified atom stereocenters. The van der Waals surface area contributed by atoms with E-state index in [9.17, 15) is 4.79 Å². The molecular weight excluding hydrogens is 484 g/mol. The number of benzene rings is 1. The lowest BCUT2D eigenvalue weighted by molar-refractivity contribution is 0.100. The number of primary amides is 1. The van der Waals surface area contributed by atoms with Gasteiger partial charge in [-0.1, -0.05) is 60.6 Å². The molecule has 5 aromatic heterocycles. The maximum absolute atomic E-state index is 11.0. The molecule has 0 saturated carbocycles. The van der Waals surface area contributed by atoms with Crippen molar-refractivity contribution in [2.24, 2.45) is 12.8 Å². The Morgan fingerprint density at radius 2 is 1.86 bits per heavy atom. The molecule has 1 aromatic carbocycles. The van der Waals surface area contributed by atoms with Crippen molar-refractivity contribution in [2.75, 3.05) is 5.73 Å². The van der Waals surface area contributed by atoms with Crippen LogP contribution in [-0.4, -0.2) is 34.7 Å². The van der Waals surface area contributed by atoms with Gasteiger partial charge in [-0.3, -0.25) is 13.9 Å². The van der Waals surface area contributed by atoms with Crippen LogP contribution in [0.4, 0.5) is 5.82 Å². The molecule has 0 bridgehead atoms. The van der Waals surface area contributed by atoms with Crippen molar-refractivity contribution >= 4 is 33.5 Å². The van der Waals surface area contributed by atoms with E-state index in [2.05, 4.69) is 63.8 Å². The van der Waals surface area contributed by atoms with E-state index >= 15 is 0 Å². The fourth-order valence-corrected chi connectivity index (χ4v) is 4.84. The Morgan fingerprint density at radius 1 is 1.08 bits per heavy atom. The highest BCUT2D eigenvalue weighted by atomic mass is 32.1. The Morgan fingerprint density at radius 3 is 2.57 bits per heavy atom. The van der Waals surface area contributed by atoms with Crippen LogP contribution in [0.2, 0.25) is 0 Å². The smallest absolute Gasteiger partial charge is 0.254 e. The van der Waals surface area contributed by atoms with Crippen molar-refractivity contribution < 1.29 is 4.79 Å². The molecule has 0 atom stereocenters. The molecule has 0 spiro atoms. The van der Waals surface area contributed by atoms with E-state index in [1.165, 1.54) is 15.8 Å². The van der Waals surface area contributed by atoms with Crippen LogP contribution >= 0.6 is 11.3 Å². The SMILES string of the molecule is CCc1nc2sc(C#Cc3cnn(C)c3)cn2c1-c1ccccc1.NC(=O)c1c(N)nn2ccccc12. The highest BCUT2D eigenvalue weighted by Crippen LogP contribution is 2.29. The van der Waals surface area contributed by atoms with Gasteiger partial charge in [-0.05, 0) is 24.5 Å². The summed E-state index contributed by atoms with van der Waals surface area (Å²) in [4.78, 5) is 17.8. The van der Waals surface area contributed by atoms with Crippen LogP contribution in [0.1, 0.15) is 33.4 Å². The molecule has 1 amide bonds. The molecule has 37 heavy (non-hydrogen) atoms. The third-order valence-corrected chi connectivity index (χ3v) is 6.53. The van der Waals surface area contributed by atoms with Gasteiger partial charge in [0.15, 0.2) is 10.8 Å². The minimum atomic E-state index is -0.557. The number of nitrogens with zero attached hydrogens (tertiary/aromatic N) is 6. The summed E-state index contributed by atoms with van der Waals surface area (Å²) >= 11 is 1.62. The van der Waals surface area contributed by atoms with Gasteiger partial charge in [0.2, 0.25) is 0 Å². The van der Waals surface area contributed by atoms with E-state index in [1.54, 1.807) is 46.6 Å². The van der Waals surface area contributed by atoms with E-state index in [4.69, 9.17) is 16.5 Å². The summed E-state index contributed by atoms with van der Waals surface area (Å²) in [5, 5.41) is 8.07. The molecule has 184 valence electrons. The Balaban J connectivity index is 0.000000182. The van der Waals surface area contributed by atoms with Gasteiger partial charge in [0.25, 0.3) is 5.91 Å². The number of thiazole rings is 1. The fraction of sp³-hybridized carbons (Fsp3) is 0.111. The molecule has 0 radical (unpaired) electrons. The molecule has 0 aliphatic rings. The summed E-state index contributed by atoms with van der Waals surface area (Å²) < 4.78 is 5.44. The van der Waals surface area contributed by atoms with Crippen molar-refractivity contribution in [1.29, 1.82) is 0 Å². The van der Waals surface area contributed by atoms with E-state index in [0.29, 0.717) is 5.52 Å². The summed E-state index contributed by atoms with van der Waals surface area (Å²) in [7, 11) is 1.89. The van der Waals surface area contributed by atoms with Crippen LogP contribution < -0.4 is 11.5 Å². The van der Waals surface area contributed by atoms with E-state index in [-0.39, 0.29) is 11.4 Å². The van der Waals surface area contributed by atoms with Crippen molar-refractivity contribution in [2.45, 2.75) is 13.3 Å². The number of fused-ring (bicyclic) bond motifs is 2. The zero-order valence-electron chi connectivity index (χ0n) is 20.3. The molecule has 5 heterocycles. The Bertz CT molecular complexity index is 1780. The molecule has 6 rings (SSSR count). The number of anilines is 1. The normalized spacial score (nSPS) is 10.6. The average Bonchev–Trinajstić information content (AvgIpc) is 3.64. The predicted octanol–water partition coefficient (Wildman–Crippen LogP) is 3.77. The van der Waals surface area contributed by atoms with Gasteiger partial charge in [0.1, 0.15) is 5.56 Å². The van der Waals surface area contributed by atoms with Crippen LogP contribution in [0.3, 0.4) is 0 Å². The average molecular weight is 509 g/mol. The number of hydrogen-bond acceptors (Lipinski definition) is 6. The first-order valence-corrected chi connectivity index (χ1v) is 12.4. The number of carbonyl (C=O) groups is 1. The second kappa shape index (κ2) is 10.0. The lowest BCUT2D eigenvalue weighted by atomic mass is 10.1. The Kier molecular flexibility index (Phi) is 6.45. The maximum Gasteiger partial charge on any atom is 0.254 e. The number of rotatable bonds is 3. The number of aryl methyl sites for hydroxylation is 2. The highest BCUT2D eigenvalue weighted by Gasteiger charge is 2.15. The molecule has 0 fully saturated rings. The number of amides is 1. The molecule has 9 nitrogen and oxygen atoms in total. The van der Waals surface area contributed by atoms with Gasteiger partial charge in [-0.15, -0.1) is 5.10 Å². The first kappa shape index (κ1) is 23.8. The topological polar surface area (TPSA) is 122 Å². The molecule has 10 heteroatoms. The minimum absolute atomic E-state index is 0.165. The van der Waals surface area contributed by atoms with Gasteiger partial charge in [0.05, 0.1) is 33.5 Å². The minimum Gasteiger partial charge on any atom is -0.382 e. The van der Waals surface area contributed by atoms with Crippen LogP contribution in [0.15, 0.2) is 73.3 Å². The number of pyridine rings is 1. The summed E-state index contributed by atoms with van der Waals surface area (Å²) in [6.45, 7) is 2.14. The predicted molar refractivity (Wildman–Crippen MR) is 145 cm³/mol. The highest BCUT2D eigenvalue weighted by molar-refractivity contribution is 7.17. The number of carbonyl (C=O) groups excluding carboxylic acids is 1. The molecule has 0 saturated heterocycles. The third kappa shape index (κ3) is 4.80. The first-order chi connectivity index (χ1) is 17.9. The van der Waals surface area contributed by atoms with Crippen LogP contribution in [-0.2, 0) is 13.5 Å². The van der Waals surface area contributed by atoms with Crippen LogP contribution in [0, 0.1) is 11.8 Å². The number of nitrogens with two attached hydrogens (primary N) is 2. The largest absolute Gasteiger partial charge is 0.382 e. The lowest BCUT2D eigenvalue weighted by Gasteiger charge is -2.02. The summed E-state index contributed by atoms with van der Waals surface area (Å²) in [6.07, 6.45) is 8.39. The van der Waals surface area contributed by atoms with Gasteiger partial charge in [0, 0.05) is 31.2 Å². The second-order valence-electron chi connectivity index (χ2n) is 8.18. The van der Waals surface area contributed by atoms with Gasteiger partial charge in [-0.25, -0.2) is 9.50 Å². The summed E-state index contributed by atoms with van der Waals surface area (Å²) in [5.41, 5.74) is 16.0. The fourth-order valence-electron chi connectivity index (χ4n) is 3.99. The number of aromatic nitrogens is 6. The van der Waals surface area contributed by atoms with E-state index in [0.717, 1.165) is 27.5 Å². The van der Waals surface area contributed by atoms with Crippen LogP contribution in [0.5, 0.6) is 0 Å². The molecule has 0 aliphatic carbocycles. The monoisotopic (exact) mass is 508 g/mol. The van der Waals surface area contributed by atoms with Gasteiger partial charge in [-0.2, -0.15) is 5.10 Å². The Hall–Kier alpha value is -4.88. The van der Waals surface area contributed by atoms with Crippen molar-refractivity contribution in [3.8, 4) is 23.1 Å².